The van der Waals surface area contributed by atoms with Crippen molar-refractivity contribution >= 4 is 0 Å². The lowest BCUT2D eigenvalue weighted by molar-refractivity contribution is 0.141. The molecule has 86 valence electrons. The molecule has 1 atom stereocenters. The lowest BCUT2D eigenvalue weighted by atomic mass is 9.98. The van der Waals surface area contributed by atoms with E-state index in [-0.39, 0.29) is 0 Å². The summed E-state index contributed by atoms with van der Waals surface area (Å²) >= 11 is 0. The van der Waals surface area contributed by atoms with Crippen molar-refractivity contribution in [2.24, 2.45) is 0 Å². The summed E-state index contributed by atoms with van der Waals surface area (Å²) in [5, 5.41) is 0. The van der Waals surface area contributed by atoms with E-state index in [4.69, 9.17) is 0 Å². The molecule has 0 saturated carbocycles. The zero-order chi connectivity index (χ0) is 11.2. The molecule has 16 heavy (non-hydrogen) atoms. The van der Waals surface area contributed by atoms with E-state index in [1.165, 1.54) is 31.4 Å². The van der Waals surface area contributed by atoms with Crippen molar-refractivity contribution in [1.82, 2.24) is 4.90 Å². The summed E-state index contributed by atoms with van der Waals surface area (Å²) in [5.41, 5.74) is 1.43. The van der Waals surface area contributed by atoms with Crippen molar-refractivity contribution in [1.29, 1.82) is 0 Å². The first-order valence-electron chi connectivity index (χ1n) is 6.29. The molecular weight excluding hydrogens is 194 g/mol. The Morgan fingerprint density at radius 1 is 1.25 bits per heavy atom. The molecule has 1 fully saturated rings. The van der Waals surface area contributed by atoms with Gasteiger partial charge in [0.1, 0.15) is 0 Å². The Morgan fingerprint density at radius 3 is 2.81 bits per heavy atom. The van der Waals surface area contributed by atoms with Crippen LogP contribution in [0.2, 0.25) is 0 Å². The van der Waals surface area contributed by atoms with Crippen LogP contribution in [0.25, 0.3) is 0 Å². The molecule has 0 unspecified atom stereocenters. The van der Waals surface area contributed by atoms with E-state index >= 15 is 0 Å². The number of nitrogens with zero attached hydrogens (tertiary/aromatic N) is 1. The fraction of sp³-hybridized carbons (Fsp3) is 0.467. The van der Waals surface area contributed by atoms with E-state index in [2.05, 4.69) is 47.9 Å². The van der Waals surface area contributed by atoms with Gasteiger partial charge in [0.05, 0.1) is 0 Å². The van der Waals surface area contributed by atoms with Crippen molar-refractivity contribution in [2.45, 2.75) is 38.3 Å². The molecule has 0 N–H and O–H groups in total. The maximum absolute atomic E-state index is 3.87. The zero-order valence-electron chi connectivity index (χ0n) is 9.94. The number of hydrogen-bond donors (Lipinski definition) is 0. The Kier molecular flexibility index (Phi) is 4.17. The third kappa shape index (κ3) is 2.96. The van der Waals surface area contributed by atoms with Gasteiger partial charge < -0.3 is 0 Å². The average molecular weight is 215 g/mol. The Labute approximate surface area is 98.8 Å². The molecule has 0 aliphatic carbocycles. The van der Waals surface area contributed by atoms with E-state index in [1.54, 1.807) is 0 Å². The zero-order valence-corrected chi connectivity index (χ0v) is 9.94. The van der Waals surface area contributed by atoms with Crippen LogP contribution in [0.15, 0.2) is 43.0 Å². The summed E-state index contributed by atoms with van der Waals surface area (Å²) in [4.78, 5) is 2.61. The molecule has 1 heteroatoms. The highest BCUT2D eigenvalue weighted by Gasteiger charge is 2.20. The molecule has 0 amide bonds. The number of likely N-dealkylation sites (tertiary alicyclic amines) is 1. The third-order valence-electron chi connectivity index (χ3n) is 3.42. The first-order valence-corrected chi connectivity index (χ1v) is 6.29. The number of benzene rings is 1. The highest BCUT2D eigenvalue weighted by molar-refractivity contribution is 5.14. The predicted octanol–water partition coefficient (Wildman–Crippen LogP) is 3.62. The van der Waals surface area contributed by atoms with Crippen molar-refractivity contribution in [2.75, 3.05) is 6.54 Å². The molecule has 0 radical (unpaired) electrons. The molecule has 1 nitrogen and oxygen atoms in total. The normalized spacial score (nSPS) is 21.9. The second-order valence-corrected chi connectivity index (χ2v) is 4.63. The largest absolute Gasteiger partial charge is 0.296 e. The van der Waals surface area contributed by atoms with Gasteiger partial charge in [0, 0.05) is 12.6 Å². The summed E-state index contributed by atoms with van der Waals surface area (Å²) in [6.07, 6.45) is 7.25. The van der Waals surface area contributed by atoms with Gasteiger partial charge in [-0.2, -0.15) is 0 Å². The molecule has 1 saturated heterocycles. The van der Waals surface area contributed by atoms with Gasteiger partial charge in [-0.25, -0.2) is 0 Å². The smallest absolute Gasteiger partial charge is 0.0236 e. The minimum atomic E-state index is 0.714. The standard InChI is InChI=1S/C15H21N/c1-2-8-15-11-6-7-12-16(15)13-14-9-4-3-5-10-14/h2-5,9-10,15H,1,6-8,11-13H2/t15-/m1/s1. The third-order valence-corrected chi connectivity index (χ3v) is 3.42. The highest BCUT2D eigenvalue weighted by Crippen LogP contribution is 2.21. The van der Waals surface area contributed by atoms with Crippen LogP contribution in [0.1, 0.15) is 31.2 Å². The van der Waals surface area contributed by atoms with Gasteiger partial charge in [-0.05, 0) is 31.4 Å². The Bertz CT molecular complexity index is 317. The van der Waals surface area contributed by atoms with Crippen LogP contribution in [0.3, 0.4) is 0 Å². The van der Waals surface area contributed by atoms with Crippen LogP contribution in [0.5, 0.6) is 0 Å². The van der Waals surface area contributed by atoms with E-state index in [0.717, 1.165) is 13.0 Å². The van der Waals surface area contributed by atoms with Gasteiger partial charge in [-0.15, -0.1) is 6.58 Å². The van der Waals surface area contributed by atoms with Crippen molar-refractivity contribution in [3.8, 4) is 0 Å². The van der Waals surface area contributed by atoms with Crippen LogP contribution in [-0.4, -0.2) is 17.5 Å². The molecule has 1 aromatic carbocycles. The van der Waals surface area contributed by atoms with Gasteiger partial charge in [0.15, 0.2) is 0 Å². The minimum absolute atomic E-state index is 0.714. The average Bonchev–Trinajstić information content (AvgIpc) is 2.33. The maximum atomic E-state index is 3.87. The second kappa shape index (κ2) is 5.86. The second-order valence-electron chi connectivity index (χ2n) is 4.63. The minimum Gasteiger partial charge on any atom is -0.296 e. The van der Waals surface area contributed by atoms with Crippen molar-refractivity contribution < 1.29 is 0 Å². The fourth-order valence-corrected chi connectivity index (χ4v) is 2.55. The molecule has 1 aliphatic rings. The quantitative estimate of drug-likeness (QED) is 0.693. The van der Waals surface area contributed by atoms with Crippen LogP contribution in [0, 0.1) is 0 Å². The topological polar surface area (TPSA) is 3.24 Å². The fourth-order valence-electron chi connectivity index (χ4n) is 2.55. The highest BCUT2D eigenvalue weighted by atomic mass is 15.2. The summed E-state index contributed by atoms with van der Waals surface area (Å²) in [5.74, 6) is 0. The van der Waals surface area contributed by atoms with Crippen LogP contribution in [0.4, 0.5) is 0 Å². The first-order chi connectivity index (χ1) is 7.90. The first kappa shape index (κ1) is 11.4. The number of hydrogen-bond acceptors (Lipinski definition) is 1. The van der Waals surface area contributed by atoms with Crippen molar-refractivity contribution in [3.63, 3.8) is 0 Å². The molecule has 0 spiro atoms. The lowest BCUT2D eigenvalue weighted by Gasteiger charge is -2.35. The maximum Gasteiger partial charge on any atom is 0.0236 e. The summed E-state index contributed by atoms with van der Waals surface area (Å²) in [6, 6.07) is 11.5. The van der Waals surface area contributed by atoms with Gasteiger partial charge >= 0.3 is 0 Å². The van der Waals surface area contributed by atoms with E-state index in [9.17, 15) is 0 Å². The molecule has 0 bridgehead atoms. The van der Waals surface area contributed by atoms with Gasteiger partial charge in [0.25, 0.3) is 0 Å². The van der Waals surface area contributed by atoms with Crippen LogP contribution >= 0.6 is 0 Å². The summed E-state index contributed by atoms with van der Waals surface area (Å²) < 4.78 is 0. The van der Waals surface area contributed by atoms with Crippen LogP contribution in [-0.2, 0) is 6.54 Å². The Hall–Kier alpha value is -1.08. The van der Waals surface area contributed by atoms with Crippen LogP contribution < -0.4 is 0 Å². The molecule has 1 aliphatic heterocycles. The molecular formula is C15H21N. The summed E-state index contributed by atoms with van der Waals surface area (Å²) in [7, 11) is 0. The lowest BCUT2D eigenvalue weighted by Crippen LogP contribution is -2.38. The monoisotopic (exact) mass is 215 g/mol. The Morgan fingerprint density at radius 2 is 2.06 bits per heavy atom. The van der Waals surface area contributed by atoms with Crippen molar-refractivity contribution in [3.05, 3.63) is 48.6 Å². The van der Waals surface area contributed by atoms with Gasteiger partial charge in [-0.3, -0.25) is 4.90 Å². The van der Waals surface area contributed by atoms with E-state index in [1.807, 2.05) is 0 Å². The van der Waals surface area contributed by atoms with Gasteiger partial charge in [-0.1, -0.05) is 42.8 Å². The number of rotatable bonds is 4. The molecule has 1 aromatic rings. The Balaban J connectivity index is 1.98. The number of piperidine rings is 1. The molecule has 0 aromatic heterocycles. The summed E-state index contributed by atoms with van der Waals surface area (Å²) in [6.45, 7) is 6.21. The van der Waals surface area contributed by atoms with E-state index in [0.29, 0.717) is 6.04 Å². The van der Waals surface area contributed by atoms with Gasteiger partial charge in [0.2, 0.25) is 0 Å². The van der Waals surface area contributed by atoms with E-state index < -0.39 is 0 Å². The predicted molar refractivity (Wildman–Crippen MR) is 69.3 cm³/mol. The molecule has 1 heterocycles. The SMILES string of the molecule is C=CC[C@@H]1CCCCN1Cc1ccccc1. The molecule has 2 rings (SSSR count).